The molecule has 0 bridgehead atoms. The fourth-order valence-corrected chi connectivity index (χ4v) is 2.56. The molecule has 1 N–H and O–H groups in total. The lowest BCUT2D eigenvalue weighted by Crippen LogP contribution is -2.00. The predicted molar refractivity (Wildman–Crippen MR) is 84.8 cm³/mol. The van der Waals surface area contributed by atoms with E-state index in [1.807, 2.05) is 42.9 Å². The molecule has 0 saturated carbocycles. The van der Waals surface area contributed by atoms with Crippen LogP contribution in [0.2, 0.25) is 0 Å². The van der Waals surface area contributed by atoms with Crippen LogP contribution in [0.5, 0.6) is 0 Å². The van der Waals surface area contributed by atoms with E-state index < -0.39 is 0 Å². The van der Waals surface area contributed by atoms with Crippen molar-refractivity contribution >= 4 is 22.6 Å². The molecule has 7 heteroatoms. The zero-order valence-electron chi connectivity index (χ0n) is 12.6. The van der Waals surface area contributed by atoms with E-state index in [1.54, 1.807) is 17.8 Å². The smallest absolute Gasteiger partial charge is 0.240 e. The molecule has 4 aromatic rings. The van der Waals surface area contributed by atoms with Crippen LogP contribution in [0.15, 0.2) is 30.6 Å². The lowest BCUT2D eigenvalue weighted by Gasteiger charge is -2.02. The molecule has 0 amide bonds. The maximum absolute atomic E-state index is 4.75. The Bertz CT molecular complexity index is 996. The second kappa shape index (κ2) is 4.52. The number of nitrogens with zero attached hydrogens (tertiary/aromatic N) is 6. The highest BCUT2D eigenvalue weighted by atomic mass is 15.3. The molecule has 0 atom stereocenters. The van der Waals surface area contributed by atoms with Crippen LogP contribution < -0.4 is 5.32 Å². The van der Waals surface area contributed by atoms with Gasteiger partial charge < -0.3 is 9.88 Å². The summed E-state index contributed by atoms with van der Waals surface area (Å²) in [6.45, 7) is 1.97. The zero-order valence-corrected chi connectivity index (χ0v) is 12.6. The molecular weight excluding hydrogens is 278 g/mol. The molecule has 4 rings (SSSR count). The molecule has 0 unspecified atom stereocenters. The second-order valence-electron chi connectivity index (χ2n) is 5.15. The van der Waals surface area contributed by atoms with Crippen LogP contribution in [0.4, 0.5) is 5.95 Å². The number of rotatable bonds is 2. The molecule has 4 heterocycles. The van der Waals surface area contributed by atoms with Crippen molar-refractivity contribution in [2.45, 2.75) is 6.92 Å². The van der Waals surface area contributed by atoms with E-state index in [1.165, 1.54) is 0 Å². The zero-order chi connectivity index (χ0) is 15.3. The van der Waals surface area contributed by atoms with E-state index in [-0.39, 0.29) is 0 Å². The van der Waals surface area contributed by atoms with Gasteiger partial charge in [-0.3, -0.25) is 0 Å². The molecule has 0 spiro atoms. The number of anilines is 1. The van der Waals surface area contributed by atoms with Gasteiger partial charge in [0.05, 0.1) is 17.4 Å². The minimum Gasteiger partial charge on any atom is -0.356 e. The van der Waals surface area contributed by atoms with Crippen molar-refractivity contribution in [3.63, 3.8) is 0 Å². The molecular formula is C15H15N7. The van der Waals surface area contributed by atoms with E-state index in [2.05, 4.69) is 20.4 Å². The van der Waals surface area contributed by atoms with Crippen molar-refractivity contribution in [3.8, 4) is 11.3 Å². The fourth-order valence-electron chi connectivity index (χ4n) is 2.56. The van der Waals surface area contributed by atoms with Crippen molar-refractivity contribution in [1.82, 2.24) is 29.1 Å². The summed E-state index contributed by atoms with van der Waals surface area (Å²) in [6, 6.07) is 5.98. The molecule has 22 heavy (non-hydrogen) atoms. The number of hydrogen-bond donors (Lipinski definition) is 1. The van der Waals surface area contributed by atoms with Gasteiger partial charge in [0.1, 0.15) is 11.3 Å². The van der Waals surface area contributed by atoms with Gasteiger partial charge in [-0.05, 0) is 25.1 Å². The van der Waals surface area contributed by atoms with Crippen LogP contribution in [0, 0.1) is 6.92 Å². The summed E-state index contributed by atoms with van der Waals surface area (Å²) < 4.78 is 3.79. The first-order chi connectivity index (χ1) is 10.7. The minimum absolute atomic E-state index is 0.584. The summed E-state index contributed by atoms with van der Waals surface area (Å²) in [4.78, 5) is 13.5. The maximum Gasteiger partial charge on any atom is 0.240 e. The third-order valence-electron chi connectivity index (χ3n) is 3.86. The predicted octanol–water partition coefficient (Wildman–Crippen LogP) is 2.03. The van der Waals surface area contributed by atoms with Gasteiger partial charge in [-0.25, -0.2) is 19.5 Å². The molecule has 0 aliphatic rings. The quantitative estimate of drug-likeness (QED) is 0.612. The third kappa shape index (κ3) is 1.75. The topological polar surface area (TPSA) is 72.9 Å². The minimum atomic E-state index is 0.584. The lowest BCUT2D eigenvalue weighted by atomic mass is 10.2. The highest BCUT2D eigenvalue weighted by molar-refractivity contribution is 5.82. The molecule has 0 saturated heterocycles. The first-order valence-corrected chi connectivity index (χ1v) is 7.00. The Morgan fingerprint density at radius 3 is 2.82 bits per heavy atom. The number of imidazole rings is 1. The Hall–Kier alpha value is -2.96. The number of hydrogen-bond acceptors (Lipinski definition) is 5. The second-order valence-corrected chi connectivity index (χ2v) is 5.15. The lowest BCUT2D eigenvalue weighted by molar-refractivity contribution is 0.874. The number of aryl methyl sites for hydroxylation is 2. The molecule has 7 nitrogen and oxygen atoms in total. The molecule has 110 valence electrons. The fraction of sp³-hybridized carbons (Fsp3) is 0.200. The molecule has 0 aliphatic heterocycles. The third-order valence-corrected chi connectivity index (χ3v) is 3.86. The Kier molecular flexibility index (Phi) is 2.62. The van der Waals surface area contributed by atoms with Crippen LogP contribution in [0.3, 0.4) is 0 Å². The monoisotopic (exact) mass is 293 g/mol. The highest BCUT2D eigenvalue weighted by Crippen LogP contribution is 2.25. The van der Waals surface area contributed by atoms with Gasteiger partial charge in [-0.2, -0.15) is 0 Å². The van der Waals surface area contributed by atoms with Gasteiger partial charge >= 0.3 is 0 Å². The van der Waals surface area contributed by atoms with Gasteiger partial charge in [0, 0.05) is 25.9 Å². The van der Waals surface area contributed by atoms with Gasteiger partial charge in [0.2, 0.25) is 5.95 Å². The van der Waals surface area contributed by atoms with E-state index in [4.69, 9.17) is 4.98 Å². The Labute approximate surface area is 126 Å². The van der Waals surface area contributed by atoms with E-state index in [0.717, 1.165) is 33.8 Å². The summed E-state index contributed by atoms with van der Waals surface area (Å²) in [7, 11) is 3.77. The normalized spacial score (nSPS) is 11.4. The molecule has 0 fully saturated rings. The number of aromatic nitrogens is 6. The average molecular weight is 293 g/mol. The van der Waals surface area contributed by atoms with Gasteiger partial charge in [-0.1, -0.05) is 0 Å². The molecule has 0 radical (unpaired) electrons. The van der Waals surface area contributed by atoms with Crippen LogP contribution in [0.25, 0.3) is 27.9 Å². The highest BCUT2D eigenvalue weighted by Gasteiger charge is 2.11. The maximum atomic E-state index is 4.75. The summed E-state index contributed by atoms with van der Waals surface area (Å²) in [5.74, 6) is 1.53. The largest absolute Gasteiger partial charge is 0.356 e. The van der Waals surface area contributed by atoms with Crippen LogP contribution >= 0.6 is 0 Å². The summed E-state index contributed by atoms with van der Waals surface area (Å²) in [6.07, 6.45) is 3.71. The molecule has 0 aromatic carbocycles. The Morgan fingerprint density at radius 1 is 1.14 bits per heavy atom. The number of fused-ring (bicyclic) bond motifs is 2. The molecule has 4 aromatic heterocycles. The van der Waals surface area contributed by atoms with Crippen molar-refractivity contribution in [3.05, 3.63) is 36.4 Å². The SMILES string of the molecule is CNc1ncc2c(-c3ccc4nc(C)n(C)c4n3)ccn2n1. The summed E-state index contributed by atoms with van der Waals surface area (Å²) in [5, 5.41) is 7.31. The van der Waals surface area contributed by atoms with Crippen LogP contribution in [-0.4, -0.2) is 36.2 Å². The van der Waals surface area contributed by atoms with Crippen molar-refractivity contribution in [1.29, 1.82) is 0 Å². The van der Waals surface area contributed by atoms with Gasteiger partial charge in [0.25, 0.3) is 0 Å². The van der Waals surface area contributed by atoms with E-state index in [9.17, 15) is 0 Å². The van der Waals surface area contributed by atoms with Crippen LogP contribution in [0.1, 0.15) is 5.82 Å². The van der Waals surface area contributed by atoms with Gasteiger partial charge in [0.15, 0.2) is 5.65 Å². The molecule has 0 aliphatic carbocycles. The van der Waals surface area contributed by atoms with Crippen LogP contribution in [-0.2, 0) is 7.05 Å². The average Bonchev–Trinajstić information content (AvgIpc) is 3.08. The van der Waals surface area contributed by atoms with Crippen molar-refractivity contribution in [2.75, 3.05) is 12.4 Å². The summed E-state index contributed by atoms with van der Waals surface area (Å²) >= 11 is 0. The first kappa shape index (κ1) is 12.8. The number of pyridine rings is 1. The first-order valence-electron chi connectivity index (χ1n) is 7.00. The standard InChI is InChI=1S/C15H15N7/c1-9-18-12-5-4-11(19-14(12)21(9)3)10-6-7-22-13(10)8-17-15(16-2)20-22/h4-8H,1-3H3,(H,16,20). The number of nitrogens with one attached hydrogen (secondary N) is 1. The van der Waals surface area contributed by atoms with E-state index >= 15 is 0 Å². The van der Waals surface area contributed by atoms with E-state index in [0.29, 0.717) is 5.95 Å². The van der Waals surface area contributed by atoms with Crippen molar-refractivity contribution < 1.29 is 0 Å². The Morgan fingerprint density at radius 2 is 2.00 bits per heavy atom. The van der Waals surface area contributed by atoms with Crippen molar-refractivity contribution in [2.24, 2.45) is 7.05 Å². The van der Waals surface area contributed by atoms with Gasteiger partial charge in [-0.15, -0.1) is 5.10 Å². The summed E-state index contributed by atoms with van der Waals surface area (Å²) in [5.41, 5.74) is 4.59. The Balaban J connectivity index is 1.92.